The van der Waals surface area contributed by atoms with Crippen molar-refractivity contribution in [2.75, 3.05) is 0 Å². The van der Waals surface area contributed by atoms with Gasteiger partial charge in [0, 0.05) is 5.56 Å². The van der Waals surface area contributed by atoms with Crippen molar-refractivity contribution < 1.29 is 18.7 Å². The van der Waals surface area contributed by atoms with Crippen LogP contribution < -0.4 is 9.47 Å². The van der Waals surface area contributed by atoms with Crippen LogP contribution in [-0.4, -0.2) is 5.78 Å². The molecule has 0 aromatic heterocycles. The molecule has 0 saturated carbocycles. The summed E-state index contributed by atoms with van der Waals surface area (Å²) in [5.41, 5.74) is 4.25. The lowest BCUT2D eigenvalue weighted by Gasteiger charge is -2.11. The Kier molecular flexibility index (Phi) is 4.70. The fraction of sp³-hybridized carbons (Fsp3) is 0.125. The van der Waals surface area contributed by atoms with E-state index in [1.807, 2.05) is 38.1 Å². The van der Waals surface area contributed by atoms with Crippen LogP contribution in [0.2, 0.25) is 0 Å². The Labute approximate surface area is 163 Å². The molecular weight excluding hydrogens is 355 g/mol. The van der Waals surface area contributed by atoms with E-state index in [4.69, 9.17) is 9.47 Å². The second-order valence-corrected chi connectivity index (χ2v) is 6.83. The number of halogens is 1. The first-order valence-electron chi connectivity index (χ1n) is 9.03. The van der Waals surface area contributed by atoms with Crippen molar-refractivity contribution in [2.45, 2.75) is 20.5 Å². The molecule has 1 aliphatic rings. The highest BCUT2D eigenvalue weighted by Crippen LogP contribution is 2.39. The van der Waals surface area contributed by atoms with E-state index in [0.29, 0.717) is 29.2 Å². The summed E-state index contributed by atoms with van der Waals surface area (Å²) in [6, 6.07) is 17.6. The molecule has 0 unspecified atom stereocenters. The first kappa shape index (κ1) is 18.0. The molecule has 28 heavy (non-hydrogen) atoms. The van der Waals surface area contributed by atoms with Gasteiger partial charge in [-0.05, 0) is 55.3 Å². The van der Waals surface area contributed by atoms with E-state index < -0.39 is 0 Å². The average molecular weight is 374 g/mol. The number of allylic oxidation sites excluding steroid dienone is 1. The van der Waals surface area contributed by atoms with Crippen LogP contribution in [0.4, 0.5) is 4.39 Å². The van der Waals surface area contributed by atoms with Crippen LogP contribution >= 0.6 is 0 Å². The fourth-order valence-corrected chi connectivity index (χ4v) is 3.08. The molecular formula is C24H19FO3. The third-order valence-electron chi connectivity index (χ3n) is 4.72. The lowest BCUT2D eigenvalue weighted by molar-refractivity contribution is 0.101. The second kappa shape index (κ2) is 7.31. The van der Waals surface area contributed by atoms with Crippen molar-refractivity contribution in [1.82, 2.24) is 0 Å². The van der Waals surface area contributed by atoms with E-state index >= 15 is 0 Å². The lowest BCUT2D eigenvalue weighted by atomic mass is 10.1. The average Bonchev–Trinajstić information content (AvgIpc) is 3.01. The Morgan fingerprint density at radius 3 is 2.39 bits per heavy atom. The maximum Gasteiger partial charge on any atom is 0.231 e. The largest absolute Gasteiger partial charge is 0.488 e. The Morgan fingerprint density at radius 2 is 1.68 bits per heavy atom. The van der Waals surface area contributed by atoms with Gasteiger partial charge in [0.05, 0.1) is 5.56 Å². The molecule has 0 bridgehead atoms. The number of carbonyl (C=O) groups excluding carboxylic acids is 1. The normalized spacial score (nSPS) is 14.1. The first-order chi connectivity index (χ1) is 13.5. The first-order valence-corrected chi connectivity index (χ1v) is 9.03. The third kappa shape index (κ3) is 3.54. The van der Waals surface area contributed by atoms with Crippen molar-refractivity contribution in [2.24, 2.45) is 0 Å². The molecule has 0 radical (unpaired) electrons. The highest BCUT2D eigenvalue weighted by Gasteiger charge is 2.30. The zero-order chi connectivity index (χ0) is 19.7. The molecule has 0 aliphatic carbocycles. The van der Waals surface area contributed by atoms with E-state index in [9.17, 15) is 9.18 Å². The molecule has 0 atom stereocenters. The molecule has 4 rings (SSSR count). The van der Waals surface area contributed by atoms with Crippen LogP contribution in [0.25, 0.3) is 6.08 Å². The molecule has 1 aliphatic heterocycles. The number of carbonyl (C=O) groups is 1. The SMILES string of the molecule is Cc1ccc(COc2ccc3c(c2C)O/C(=C\c2ccc(F)cc2)C3=O)cc1. The molecule has 0 N–H and O–H groups in total. The number of ketones is 1. The highest BCUT2D eigenvalue weighted by molar-refractivity contribution is 6.14. The Balaban J connectivity index is 1.56. The molecule has 0 spiro atoms. The summed E-state index contributed by atoms with van der Waals surface area (Å²) in [6.45, 7) is 4.35. The predicted octanol–water partition coefficient (Wildman–Crippen LogP) is 5.64. The van der Waals surface area contributed by atoms with E-state index in [-0.39, 0.29) is 17.4 Å². The minimum absolute atomic E-state index is 0.187. The molecule has 3 aromatic carbocycles. The maximum atomic E-state index is 13.1. The molecule has 0 fully saturated rings. The molecule has 3 nitrogen and oxygen atoms in total. The van der Waals surface area contributed by atoms with Crippen molar-refractivity contribution in [3.05, 3.63) is 100 Å². The van der Waals surface area contributed by atoms with Crippen LogP contribution in [0, 0.1) is 19.7 Å². The van der Waals surface area contributed by atoms with Gasteiger partial charge in [-0.1, -0.05) is 42.0 Å². The van der Waals surface area contributed by atoms with Gasteiger partial charge >= 0.3 is 0 Å². The van der Waals surface area contributed by atoms with Gasteiger partial charge in [0.1, 0.15) is 23.9 Å². The summed E-state index contributed by atoms with van der Waals surface area (Å²) in [7, 11) is 0. The molecule has 3 aromatic rings. The van der Waals surface area contributed by atoms with Gasteiger partial charge in [0.25, 0.3) is 0 Å². The van der Waals surface area contributed by atoms with E-state index in [0.717, 1.165) is 11.1 Å². The zero-order valence-corrected chi connectivity index (χ0v) is 15.7. The molecule has 140 valence electrons. The molecule has 4 heteroatoms. The van der Waals surface area contributed by atoms with Crippen molar-refractivity contribution in [1.29, 1.82) is 0 Å². The second-order valence-electron chi connectivity index (χ2n) is 6.83. The van der Waals surface area contributed by atoms with Gasteiger partial charge < -0.3 is 9.47 Å². The molecule has 0 amide bonds. The van der Waals surface area contributed by atoms with Crippen LogP contribution in [0.1, 0.15) is 32.6 Å². The Morgan fingerprint density at radius 1 is 0.964 bits per heavy atom. The quantitative estimate of drug-likeness (QED) is 0.555. The summed E-state index contributed by atoms with van der Waals surface area (Å²) in [5.74, 6) is 0.901. The summed E-state index contributed by atoms with van der Waals surface area (Å²) in [6.07, 6.45) is 1.62. The maximum absolute atomic E-state index is 13.1. The highest BCUT2D eigenvalue weighted by atomic mass is 19.1. The van der Waals surface area contributed by atoms with E-state index in [1.165, 1.54) is 17.7 Å². The number of rotatable bonds is 4. The zero-order valence-electron chi connectivity index (χ0n) is 15.7. The van der Waals surface area contributed by atoms with Gasteiger partial charge in [-0.2, -0.15) is 0 Å². The van der Waals surface area contributed by atoms with Crippen LogP contribution in [-0.2, 0) is 6.61 Å². The standard InChI is InChI=1S/C24H19FO3/c1-15-3-5-18(6-4-15)14-27-21-12-11-20-23(26)22(28-24(20)16(21)2)13-17-7-9-19(25)10-8-17/h3-13H,14H2,1-2H3/b22-13-. The van der Waals surface area contributed by atoms with Gasteiger partial charge in [-0.25, -0.2) is 4.39 Å². The summed E-state index contributed by atoms with van der Waals surface area (Å²) >= 11 is 0. The van der Waals surface area contributed by atoms with Crippen LogP contribution in [0.3, 0.4) is 0 Å². The number of fused-ring (bicyclic) bond motifs is 1. The van der Waals surface area contributed by atoms with Crippen LogP contribution in [0.15, 0.2) is 66.4 Å². The van der Waals surface area contributed by atoms with Gasteiger partial charge in [-0.3, -0.25) is 4.79 Å². The summed E-state index contributed by atoms with van der Waals surface area (Å²) in [5, 5.41) is 0. The van der Waals surface area contributed by atoms with Crippen molar-refractivity contribution in [3.8, 4) is 11.5 Å². The van der Waals surface area contributed by atoms with Gasteiger partial charge in [0.2, 0.25) is 5.78 Å². The van der Waals surface area contributed by atoms with Gasteiger partial charge in [-0.15, -0.1) is 0 Å². The Bertz CT molecular complexity index is 1060. The minimum atomic E-state index is -0.324. The lowest BCUT2D eigenvalue weighted by Crippen LogP contribution is -1.98. The van der Waals surface area contributed by atoms with Crippen LogP contribution in [0.5, 0.6) is 11.5 Å². The topological polar surface area (TPSA) is 35.5 Å². The van der Waals surface area contributed by atoms with Gasteiger partial charge in [0.15, 0.2) is 5.76 Å². The smallest absolute Gasteiger partial charge is 0.231 e. The van der Waals surface area contributed by atoms with Crippen molar-refractivity contribution >= 4 is 11.9 Å². The third-order valence-corrected chi connectivity index (χ3v) is 4.72. The van der Waals surface area contributed by atoms with E-state index in [1.54, 1.807) is 30.3 Å². The molecule has 0 saturated heterocycles. The predicted molar refractivity (Wildman–Crippen MR) is 106 cm³/mol. The van der Waals surface area contributed by atoms with E-state index in [2.05, 4.69) is 0 Å². The number of benzene rings is 3. The number of Topliss-reactive ketones (excluding diaryl/α,β-unsaturated/α-hetero) is 1. The number of hydrogen-bond acceptors (Lipinski definition) is 3. The number of aryl methyl sites for hydroxylation is 1. The van der Waals surface area contributed by atoms with Crippen molar-refractivity contribution in [3.63, 3.8) is 0 Å². The number of ether oxygens (including phenoxy) is 2. The minimum Gasteiger partial charge on any atom is -0.488 e. The Hall–Kier alpha value is -3.40. The fourth-order valence-electron chi connectivity index (χ4n) is 3.08. The molecule has 1 heterocycles. The summed E-state index contributed by atoms with van der Waals surface area (Å²) < 4.78 is 24.8. The summed E-state index contributed by atoms with van der Waals surface area (Å²) in [4.78, 5) is 12.6. The monoisotopic (exact) mass is 374 g/mol. The number of hydrogen-bond donors (Lipinski definition) is 0.